The molecule has 0 unspecified atom stereocenters. The van der Waals surface area contributed by atoms with Gasteiger partial charge in [-0.1, -0.05) is 24.3 Å². The maximum Gasteiger partial charge on any atom is 0.343 e. The summed E-state index contributed by atoms with van der Waals surface area (Å²) in [6.07, 6.45) is 0.901. The summed E-state index contributed by atoms with van der Waals surface area (Å²) in [6, 6.07) is 16.1. The minimum absolute atomic E-state index is 0.0526. The number of hydrogen-bond acceptors (Lipinski definition) is 8. The molecule has 1 amide bonds. The molecule has 1 atom stereocenters. The summed E-state index contributed by atoms with van der Waals surface area (Å²) in [6.45, 7) is 0. The van der Waals surface area contributed by atoms with Crippen LogP contribution in [0.1, 0.15) is 28.4 Å². The standard InChI is InChI=1S/C25H21N5O5/c1-33-18-10-9-16-19(35-25(32)21(16)22(18)34-2)13-20(31)27-15-7-5-6-14(12-15)23-28-24(30-29-23)17-8-3-4-11-26-17/h3-12,19H,13H2,1-2H3,(H,27,31)(H,28,29,30)/t19-/m1/s1. The highest BCUT2D eigenvalue weighted by molar-refractivity contribution is 5.99. The predicted molar refractivity (Wildman–Crippen MR) is 126 cm³/mol. The summed E-state index contributed by atoms with van der Waals surface area (Å²) in [5, 5.41) is 9.99. The number of esters is 1. The number of amides is 1. The SMILES string of the molecule is COc1ccc2c(c1OC)C(=O)O[C@@H]2CC(=O)Nc1cccc(-c2n[nH]c(-c3ccccn3)n2)c1. The highest BCUT2D eigenvalue weighted by Gasteiger charge is 2.36. The fourth-order valence-corrected chi connectivity index (χ4v) is 3.95. The Hall–Kier alpha value is -4.73. The van der Waals surface area contributed by atoms with Crippen LogP contribution in [0.5, 0.6) is 11.5 Å². The third kappa shape index (κ3) is 4.29. The fourth-order valence-electron chi connectivity index (χ4n) is 3.95. The third-order valence-electron chi connectivity index (χ3n) is 5.55. The van der Waals surface area contributed by atoms with E-state index in [1.165, 1.54) is 14.2 Å². The number of carbonyl (C=O) groups excluding carboxylic acids is 2. The van der Waals surface area contributed by atoms with E-state index in [2.05, 4.69) is 25.5 Å². The quantitative estimate of drug-likeness (QED) is 0.390. The average Bonchev–Trinajstić information content (AvgIpc) is 3.49. The lowest BCUT2D eigenvalue weighted by molar-refractivity contribution is -0.118. The van der Waals surface area contributed by atoms with E-state index in [-0.39, 0.29) is 17.9 Å². The second-order valence-electron chi connectivity index (χ2n) is 7.71. The molecule has 0 bridgehead atoms. The second-order valence-corrected chi connectivity index (χ2v) is 7.71. The summed E-state index contributed by atoms with van der Waals surface area (Å²) >= 11 is 0. The normalized spacial score (nSPS) is 14.2. The van der Waals surface area contributed by atoms with Gasteiger partial charge in [-0.25, -0.2) is 9.78 Å². The molecule has 5 rings (SSSR count). The van der Waals surface area contributed by atoms with Crippen molar-refractivity contribution in [2.75, 3.05) is 19.5 Å². The molecule has 2 N–H and O–H groups in total. The molecule has 2 aromatic carbocycles. The summed E-state index contributed by atoms with van der Waals surface area (Å²) in [4.78, 5) is 34.0. The first-order chi connectivity index (χ1) is 17.1. The van der Waals surface area contributed by atoms with E-state index in [4.69, 9.17) is 14.2 Å². The Bertz CT molecular complexity index is 1400. The lowest BCUT2D eigenvalue weighted by Gasteiger charge is -2.13. The predicted octanol–water partition coefficient (Wildman–Crippen LogP) is 3.79. The van der Waals surface area contributed by atoms with Crippen molar-refractivity contribution >= 4 is 17.6 Å². The topological polar surface area (TPSA) is 128 Å². The molecule has 2 aromatic heterocycles. The zero-order valence-electron chi connectivity index (χ0n) is 18.9. The Morgan fingerprint density at radius 3 is 2.77 bits per heavy atom. The van der Waals surface area contributed by atoms with Gasteiger partial charge in [0.15, 0.2) is 23.1 Å². The van der Waals surface area contributed by atoms with Crippen LogP contribution >= 0.6 is 0 Å². The molecule has 0 spiro atoms. The lowest BCUT2D eigenvalue weighted by atomic mass is 10.0. The van der Waals surface area contributed by atoms with Crippen molar-refractivity contribution in [3.8, 4) is 34.4 Å². The van der Waals surface area contributed by atoms with Crippen molar-refractivity contribution in [2.45, 2.75) is 12.5 Å². The Morgan fingerprint density at radius 1 is 1.11 bits per heavy atom. The number of carbonyl (C=O) groups is 2. The molecule has 176 valence electrons. The molecule has 0 fully saturated rings. The molecule has 0 aliphatic carbocycles. The van der Waals surface area contributed by atoms with Crippen LogP contribution in [0.2, 0.25) is 0 Å². The maximum absolute atomic E-state index is 12.8. The summed E-state index contributed by atoms with van der Waals surface area (Å²) in [5.41, 5.74) is 2.82. The van der Waals surface area contributed by atoms with Crippen LogP contribution in [0.15, 0.2) is 60.8 Å². The number of hydrogen-bond donors (Lipinski definition) is 2. The lowest BCUT2D eigenvalue weighted by Crippen LogP contribution is -2.15. The van der Waals surface area contributed by atoms with E-state index in [0.29, 0.717) is 40.1 Å². The van der Waals surface area contributed by atoms with Crippen LogP contribution < -0.4 is 14.8 Å². The van der Waals surface area contributed by atoms with Crippen LogP contribution in [-0.2, 0) is 9.53 Å². The summed E-state index contributed by atoms with van der Waals surface area (Å²) in [7, 11) is 2.94. The highest BCUT2D eigenvalue weighted by atomic mass is 16.6. The monoisotopic (exact) mass is 471 g/mol. The number of methoxy groups -OCH3 is 2. The molecular weight excluding hydrogens is 450 g/mol. The van der Waals surface area contributed by atoms with Gasteiger partial charge in [0.1, 0.15) is 17.4 Å². The van der Waals surface area contributed by atoms with Gasteiger partial charge in [-0.2, -0.15) is 5.10 Å². The molecule has 35 heavy (non-hydrogen) atoms. The molecule has 0 saturated heterocycles. The van der Waals surface area contributed by atoms with Gasteiger partial charge in [-0.3, -0.25) is 14.9 Å². The Labute approximate surface area is 200 Å². The number of nitrogens with zero attached hydrogens (tertiary/aromatic N) is 3. The van der Waals surface area contributed by atoms with Crippen molar-refractivity contribution in [1.82, 2.24) is 20.2 Å². The van der Waals surface area contributed by atoms with E-state index in [9.17, 15) is 9.59 Å². The Balaban J connectivity index is 1.31. The van der Waals surface area contributed by atoms with Gasteiger partial charge in [0.25, 0.3) is 0 Å². The molecule has 0 saturated carbocycles. The number of ether oxygens (including phenoxy) is 3. The zero-order chi connectivity index (χ0) is 24.4. The zero-order valence-corrected chi connectivity index (χ0v) is 18.9. The number of benzene rings is 2. The first-order valence-electron chi connectivity index (χ1n) is 10.8. The molecule has 0 radical (unpaired) electrons. The minimum atomic E-state index is -0.727. The minimum Gasteiger partial charge on any atom is -0.493 e. The molecule has 10 nitrogen and oxygen atoms in total. The van der Waals surface area contributed by atoms with Gasteiger partial charge >= 0.3 is 5.97 Å². The van der Waals surface area contributed by atoms with Gasteiger partial charge < -0.3 is 19.5 Å². The van der Waals surface area contributed by atoms with Gasteiger partial charge in [0, 0.05) is 23.0 Å². The molecule has 1 aliphatic rings. The molecular formula is C25H21N5O5. The van der Waals surface area contributed by atoms with Crippen LogP contribution in [0.3, 0.4) is 0 Å². The van der Waals surface area contributed by atoms with E-state index >= 15 is 0 Å². The first kappa shape index (κ1) is 22.1. The largest absolute Gasteiger partial charge is 0.493 e. The molecule has 1 aliphatic heterocycles. The number of H-pyrrole nitrogens is 1. The number of cyclic esters (lactones) is 1. The number of aromatic nitrogens is 4. The van der Waals surface area contributed by atoms with Crippen LogP contribution in [0, 0.1) is 0 Å². The van der Waals surface area contributed by atoms with Gasteiger partial charge in [-0.05, 0) is 30.3 Å². The van der Waals surface area contributed by atoms with Crippen molar-refractivity contribution in [3.63, 3.8) is 0 Å². The Morgan fingerprint density at radius 2 is 2.00 bits per heavy atom. The van der Waals surface area contributed by atoms with Gasteiger partial charge in [-0.15, -0.1) is 0 Å². The second kappa shape index (κ2) is 9.26. The van der Waals surface area contributed by atoms with Crippen molar-refractivity contribution in [1.29, 1.82) is 0 Å². The number of pyridine rings is 1. The van der Waals surface area contributed by atoms with E-state index in [1.54, 1.807) is 36.5 Å². The van der Waals surface area contributed by atoms with Gasteiger partial charge in [0.2, 0.25) is 5.91 Å². The van der Waals surface area contributed by atoms with Crippen molar-refractivity contribution in [3.05, 3.63) is 71.9 Å². The smallest absolute Gasteiger partial charge is 0.343 e. The van der Waals surface area contributed by atoms with E-state index < -0.39 is 12.1 Å². The summed E-state index contributed by atoms with van der Waals surface area (Å²) < 4.78 is 16.0. The fraction of sp³-hybridized carbons (Fsp3) is 0.160. The van der Waals surface area contributed by atoms with Crippen LogP contribution in [0.25, 0.3) is 22.9 Å². The van der Waals surface area contributed by atoms with Gasteiger partial charge in [0.05, 0.1) is 20.6 Å². The number of nitrogens with one attached hydrogen (secondary N) is 2. The van der Waals surface area contributed by atoms with Crippen molar-refractivity contribution in [2.24, 2.45) is 0 Å². The molecule has 10 heteroatoms. The third-order valence-corrected chi connectivity index (χ3v) is 5.55. The van der Waals surface area contributed by atoms with Crippen LogP contribution in [0.4, 0.5) is 5.69 Å². The molecule has 4 aromatic rings. The van der Waals surface area contributed by atoms with E-state index in [0.717, 1.165) is 5.56 Å². The Kier molecular flexibility index (Phi) is 5.84. The first-order valence-corrected chi connectivity index (χ1v) is 10.8. The number of aromatic amines is 1. The number of fused-ring (bicyclic) bond motifs is 1. The number of anilines is 1. The maximum atomic E-state index is 12.8. The number of rotatable bonds is 7. The van der Waals surface area contributed by atoms with Crippen LogP contribution in [-0.4, -0.2) is 46.3 Å². The average molecular weight is 471 g/mol. The summed E-state index contributed by atoms with van der Waals surface area (Å²) in [5.74, 6) is 0.867. The van der Waals surface area contributed by atoms with E-state index in [1.807, 2.05) is 24.3 Å². The highest BCUT2D eigenvalue weighted by Crippen LogP contribution is 2.43. The van der Waals surface area contributed by atoms with Crippen molar-refractivity contribution < 1.29 is 23.8 Å². The molecule has 3 heterocycles.